The first kappa shape index (κ1) is 19.4. The Labute approximate surface area is 163 Å². The largest absolute Gasteiger partial charge is 0.474 e. The molecule has 1 aliphatic rings. The molecule has 0 N–H and O–H groups in total. The van der Waals surface area contributed by atoms with Gasteiger partial charge in [0.05, 0.1) is 5.02 Å². The van der Waals surface area contributed by atoms with Crippen LogP contribution in [0.4, 0.5) is 0 Å². The number of aromatic nitrogens is 1. The molecule has 5 nitrogen and oxygen atoms in total. The maximum Gasteiger partial charge on any atom is 0.244 e. The molecular formula is C18H20Cl2N2O3S. The lowest BCUT2D eigenvalue weighted by molar-refractivity contribution is 0.129. The van der Waals surface area contributed by atoms with E-state index >= 15 is 0 Å². The summed E-state index contributed by atoms with van der Waals surface area (Å²) in [6.07, 6.45) is 1.14. The number of pyridine rings is 1. The van der Waals surface area contributed by atoms with Crippen molar-refractivity contribution in [2.75, 3.05) is 13.1 Å². The van der Waals surface area contributed by atoms with Gasteiger partial charge in [-0.15, -0.1) is 0 Å². The van der Waals surface area contributed by atoms with Crippen LogP contribution in [0.15, 0.2) is 35.2 Å². The lowest BCUT2D eigenvalue weighted by Crippen LogP contribution is -2.41. The van der Waals surface area contributed by atoms with E-state index in [0.717, 1.165) is 5.69 Å². The van der Waals surface area contributed by atoms with Crippen LogP contribution in [-0.4, -0.2) is 36.9 Å². The zero-order chi connectivity index (χ0) is 18.9. The molecule has 1 saturated heterocycles. The van der Waals surface area contributed by atoms with Crippen LogP contribution in [0.2, 0.25) is 10.0 Å². The summed E-state index contributed by atoms with van der Waals surface area (Å²) in [5.41, 5.74) is 1.56. The molecule has 1 aromatic carbocycles. The Morgan fingerprint density at radius 2 is 1.81 bits per heavy atom. The van der Waals surface area contributed by atoms with Gasteiger partial charge in [-0.3, -0.25) is 0 Å². The first-order valence-electron chi connectivity index (χ1n) is 8.33. The van der Waals surface area contributed by atoms with Crippen LogP contribution < -0.4 is 4.74 Å². The van der Waals surface area contributed by atoms with Crippen molar-refractivity contribution in [2.24, 2.45) is 0 Å². The summed E-state index contributed by atoms with van der Waals surface area (Å²) in [5, 5.41) is 0.592. The van der Waals surface area contributed by atoms with Crippen LogP contribution in [-0.2, 0) is 10.0 Å². The van der Waals surface area contributed by atoms with E-state index < -0.39 is 10.0 Å². The van der Waals surface area contributed by atoms with E-state index in [0.29, 0.717) is 42.4 Å². The number of nitrogens with zero attached hydrogens (tertiary/aromatic N) is 2. The molecule has 0 spiro atoms. The van der Waals surface area contributed by atoms with Gasteiger partial charge >= 0.3 is 0 Å². The Morgan fingerprint density at radius 1 is 1.12 bits per heavy atom. The fourth-order valence-electron chi connectivity index (χ4n) is 2.91. The van der Waals surface area contributed by atoms with Gasteiger partial charge in [0.25, 0.3) is 0 Å². The van der Waals surface area contributed by atoms with E-state index in [1.54, 1.807) is 6.92 Å². The summed E-state index contributed by atoms with van der Waals surface area (Å²) in [6.45, 7) is 4.40. The lowest BCUT2D eigenvalue weighted by atomic mass is 10.1. The zero-order valence-electron chi connectivity index (χ0n) is 14.6. The fourth-order valence-corrected chi connectivity index (χ4v) is 5.19. The van der Waals surface area contributed by atoms with Gasteiger partial charge in [0.1, 0.15) is 11.0 Å². The molecule has 140 valence electrons. The normalized spacial score (nSPS) is 16.6. The Morgan fingerprint density at radius 3 is 2.46 bits per heavy atom. The highest BCUT2D eigenvalue weighted by Crippen LogP contribution is 2.31. The van der Waals surface area contributed by atoms with E-state index in [9.17, 15) is 8.42 Å². The molecule has 1 fully saturated rings. The second-order valence-electron chi connectivity index (χ2n) is 6.37. The monoisotopic (exact) mass is 414 g/mol. The number of rotatable bonds is 4. The number of sulfonamides is 1. The number of hydrogen-bond donors (Lipinski definition) is 0. The minimum absolute atomic E-state index is 0.0572. The van der Waals surface area contributed by atoms with Gasteiger partial charge < -0.3 is 4.74 Å². The number of ether oxygens (including phenoxy) is 1. The molecule has 1 aliphatic heterocycles. The van der Waals surface area contributed by atoms with Gasteiger partial charge in [0.15, 0.2) is 0 Å². The highest BCUT2D eigenvalue weighted by molar-refractivity contribution is 7.89. The van der Waals surface area contributed by atoms with Gasteiger partial charge in [-0.2, -0.15) is 4.31 Å². The summed E-state index contributed by atoms with van der Waals surface area (Å²) in [6, 6.07) is 8.61. The second-order valence-corrected chi connectivity index (χ2v) is 9.09. The van der Waals surface area contributed by atoms with E-state index in [1.165, 1.54) is 16.4 Å². The summed E-state index contributed by atoms with van der Waals surface area (Å²) in [4.78, 5) is 4.43. The Balaban J connectivity index is 1.70. The second kappa shape index (κ2) is 7.72. The van der Waals surface area contributed by atoms with E-state index in [2.05, 4.69) is 4.98 Å². The number of aryl methyl sites for hydroxylation is 2. The molecule has 8 heteroatoms. The highest BCUT2D eigenvalue weighted by atomic mass is 35.5. The van der Waals surface area contributed by atoms with Crippen molar-refractivity contribution < 1.29 is 13.2 Å². The lowest BCUT2D eigenvalue weighted by Gasteiger charge is -2.31. The highest BCUT2D eigenvalue weighted by Gasteiger charge is 2.32. The standard InChI is InChI=1S/C18H20Cl2N2O3S/c1-12-10-17(16(20)11-15(12)19)26(23,24)22-8-6-14(7-9-22)25-18-5-3-4-13(2)21-18/h3-5,10-11,14H,6-9H2,1-2H3. The zero-order valence-corrected chi connectivity index (χ0v) is 16.9. The van der Waals surface area contributed by atoms with Crippen LogP contribution in [0, 0.1) is 13.8 Å². The molecule has 0 atom stereocenters. The van der Waals surface area contributed by atoms with Crippen molar-refractivity contribution >= 4 is 33.2 Å². The average Bonchev–Trinajstić information content (AvgIpc) is 2.58. The van der Waals surface area contributed by atoms with Gasteiger partial charge in [0.2, 0.25) is 15.9 Å². The molecule has 0 saturated carbocycles. The summed E-state index contributed by atoms with van der Waals surface area (Å²) >= 11 is 12.1. The van der Waals surface area contributed by atoms with Crippen molar-refractivity contribution in [3.8, 4) is 5.88 Å². The van der Waals surface area contributed by atoms with Crippen molar-refractivity contribution in [3.05, 3.63) is 51.6 Å². The maximum absolute atomic E-state index is 12.9. The van der Waals surface area contributed by atoms with Gasteiger partial charge in [0, 0.05) is 29.9 Å². The molecule has 0 unspecified atom stereocenters. The molecule has 26 heavy (non-hydrogen) atoms. The van der Waals surface area contributed by atoms with Crippen LogP contribution in [0.25, 0.3) is 0 Å². The molecule has 3 rings (SSSR count). The van der Waals surface area contributed by atoms with Gasteiger partial charge in [-0.25, -0.2) is 13.4 Å². The quantitative estimate of drug-likeness (QED) is 0.750. The van der Waals surface area contributed by atoms with E-state index in [4.69, 9.17) is 27.9 Å². The molecule has 0 aliphatic carbocycles. The van der Waals surface area contributed by atoms with Gasteiger partial charge in [-0.05, 0) is 50.5 Å². The molecule has 2 heterocycles. The Bertz CT molecular complexity index is 911. The number of benzene rings is 1. The topological polar surface area (TPSA) is 59.5 Å². The Hall–Kier alpha value is -1.34. The average molecular weight is 415 g/mol. The molecular weight excluding hydrogens is 395 g/mol. The van der Waals surface area contributed by atoms with Crippen LogP contribution in [0.3, 0.4) is 0 Å². The third-order valence-corrected chi connectivity index (χ3v) is 7.15. The maximum atomic E-state index is 12.9. The van der Waals surface area contributed by atoms with Crippen molar-refractivity contribution in [3.63, 3.8) is 0 Å². The van der Waals surface area contributed by atoms with Crippen molar-refractivity contribution in [1.29, 1.82) is 0 Å². The predicted octanol–water partition coefficient (Wildman–Crippen LogP) is 4.24. The van der Waals surface area contributed by atoms with Crippen molar-refractivity contribution in [1.82, 2.24) is 9.29 Å². The van der Waals surface area contributed by atoms with Crippen molar-refractivity contribution in [2.45, 2.75) is 37.7 Å². The smallest absolute Gasteiger partial charge is 0.244 e. The molecule has 0 amide bonds. The van der Waals surface area contributed by atoms with Crippen LogP contribution >= 0.6 is 23.2 Å². The summed E-state index contributed by atoms with van der Waals surface area (Å²) < 4.78 is 33.2. The minimum atomic E-state index is -3.66. The predicted molar refractivity (Wildman–Crippen MR) is 103 cm³/mol. The van der Waals surface area contributed by atoms with Crippen LogP contribution in [0.5, 0.6) is 5.88 Å². The SMILES string of the molecule is Cc1cccc(OC2CCN(S(=O)(=O)c3cc(C)c(Cl)cc3Cl)CC2)n1. The Kier molecular flexibility index (Phi) is 5.77. The first-order valence-corrected chi connectivity index (χ1v) is 10.5. The molecule has 1 aromatic heterocycles. The molecule has 0 radical (unpaired) electrons. The first-order chi connectivity index (χ1) is 12.3. The number of piperidine rings is 1. The number of hydrogen-bond acceptors (Lipinski definition) is 4. The third kappa shape index (κ3) is 4.14. The fraction of sp³-hybridized carbons (Fsp3) is 0.389. The number of halogens is 2. The minimum Gasteiger partial charge on any atom is -0.474 e. The van der Waals surface area contributed by atoms with E-state index in [1.807, 2.05) is 25.1 Å². The summed E-state index contributed by atoms with van der Waals surface area (Å²) in [7, 11) is -3.66. The third-order valence-electron chi connectivity index (χ3n) is 4.38. The van der Waals surface area contributed by atoms with E-state index in [-0.39, 0.29) is 16.0 Å². The van der Waals surface area contributed by atoms with Crippen LogP contribution in [0.1, 0.15) is 24.1 Å². The summed E-state index contributed by atoms with van der Waals surface area (Å²) in [5.74, 6) is 0.572. The van der Waals surface area contributed by atoms with Gasteiger partial charge in [-0.1, -0.05) is 29.3 Å². The molecule has 2 aromatic rings. The molecule has 0 bridgehead atoms.